The number of phenols is 2. The molecule has 0 saturated heterocycles. The minimum Gasteiger partial charge on any atom is -0.504 e. The van der Waals surface area contributed by atoms with Crippen molar-refractivity contribution in [3.05, 3.63) is 23.8 Å². The summed E-state index contributed by atoms with van der Waals surface area (Å²) in [5, 5.41) is 18.8. The minimum absolute atomic E-state index is 0.117. The Bertz CT molecular complexity index is 632. The summed E-state index contributed by atoms with van der Waals surface area (Å²) in [6.45, 7) is 7.47. The van der Waals surface area contributed by atoms with Gasteiger partial charge in [-0.25, -0.2) is 4.79 Å². The summed E-state index contributed by atoms with van der Waals surface area (Å²) in [6.07, 6.45) is -1.38. The fourth-order valence-corrected chi connectivity index (χ4v) is 2.06. The summed E-state index contributed by atoms with van der Waals surface area (Å²) in [5.41, 5.74) is 6.40. The molecular formula is C19H29NO7. The SMILES string of the molecule is CC(C)CCOC(=O)O[C@H](C)[C@H](C)OC(=O)[C@@H](N)Cc1ccc(O)c(O)c1. The Labute approximate surface area is 159 Å². The van der Waals surface area contributed by atoms with Gasteiger partial charge in [0.2, 0.25) is 0 Å². The van der Waals surface area contributed by atoms with Crippen molar-refractivity contribution >= 4 is 12.1 Å². The zero-order valence-electron chi connectivity index (χ0n) is 16.2. The van der Waals surface area contributed by atoms with E-state index in [4.69, 9.17) is 19.9 Å². The van der Waals surface area contributed by atoms with Crippen LogP contribution >= 0.6 is 0 Å². The first-order valence-corrected chi connectivity index (χ1v) is 8.90. The van der Waals surface area contributed by atoms with Crippen molar-refractivity contribution in [3.8, 4) is 11.5 Å². The highest BCUT2D eigenvalue weighted by Crippen LogP contribution is 2.25. The quantitative estimate of drug-likeness (QED) is 0.438. The molecule has 0 bridgehead atoms. The number of benzene rings is 1. The van der Waals surface area contributed by atoms with Crippen LogP contribution in [0.3, 0.4) is 0 Å². The zero-order chi connectivity index (χ0) is 20.6. The van der Waals surface area contributed by atoms with E-state index in [9.17, 15) is 19.8 Å². The van der Waals surface area contributed by atoms with E-state index < -0.39 is 30.4 Å². The number of nitrogens with two attached hydrogens (primary N) is 1. The van der Waals surface area contributed by atoms with Gasteiger partial charge in [-0.1, -0.05) is 19.9 Å². The predicted molar refractivity (Wildman–Crippen MR) is 98.4 cm³/mol. The number of esters is 1. The van der Waals surface area contributed by atoms with Crippen LogP contribution < -0.4 is 5.73 Å². The zero-order valence-corrected chi connectivity index (χ0v) is 16.2. The van der Waals surface area contributed by atoms with Crippen LogP contribution in [0.5, 0.6) is 11.5 Å². The Balaban J connectivity index is 2.44. The standard InChI is InChI=1S/C19H29NO7/c1-11(2)7-8-25-19(24)27-13(4)12(3)26-18(23)15(20)9-14-5-6-16(21)17(22)10-14/h5-6,10-13,15,21-22H,7-9,20H2,1-4H3/t12-,13+,15-/m0/s1. The minimum atomic E-state index is -0.971. The fraction of sp³-hybridized carbons (Fsp3) is 0.579. The molecule has 0 heterocycles. The molecule has 0 spiro atoms. The van der Waals surface area contributed by atoms with Gasteiger partial charge in [0.15, 0.2) is 11.5 Å². The van der Waals surface area contributed by atoms with Crippen LogP contribution in [-0.2, 0) is 25.4 Å². The Kier molecular flexibility index (Phi) is 8.87. The van der Waals surface area contributed by atoms with Crippen molar-refractivity contribution in [1.82, 2.24) is 0 Å². The van der Waals surface area contributed by atoms with Crippen LogP contribution in [0.2, 0.25) is 0 Å². The average molecular weight is 383 g/mol. The van der Waals surface area contributed by atoms with E-state index in [2.05, 4.69) is 0 Å². The molecular weight excluding hydrogens is 354 g/mol. The van der Waals surface area contributed by atoms with Crippen molar-refractivity contribution in [2.24, 2.45) is 11.7 Å². The van der Waals surface area contributed by atoms with Gasteiger partial charge in [0, 0.05) is 0 Å². The highest BCUT2D eigenvalue weighted by atomic mass is 16.7. The first kappa shape index (κ1) is 22.6. The van der Waals surface area contributed by atoms with E-state index in [0.717, 1.165) is 6.42 Å². The van der Waals surface area contributed by atoms with Gasteiger partial charge in [0.1, 0.15) is 18.2 Å². The summed E-state index contributed by atoms with van der Waals surface area (Å²) >= 11 is 0. The van der Waals surface area contributed by atoms with Gasteiger partial charge in [-0.15, -0.1) is 0 Å². The molecule has 27 heavy (non-hydrogen) atoms. The van der Waals surface area contributed by atoms with Crippen LogP contribution in [-0.4, -0.2) is 47.2 Å². The predicted octanol–water partition coefficient (Wildman–Crippen LogP) is 2.49. The van der Waals surface area contributed by atoms with E-state index in [0.29, 0.717) is 11.5 Å². The number of aromatic hydroxyl groups is 2. The summed E-state index contributed by atoms with van der Waals surface area (Å²) < 4.78 is 15.3. The van der Waals surface area contributed by atoms with Crippen molar-refractivity contribution in [1.29, 1.82) is 0 Å². The number of phenolic OH excluding ortho intramolecular Hbond substituents is 2. The van der Waals surface area contributed by atoms with E-state index in [-0.39, 0.29) is 24.5 Å². The topological polar surface area (TPSA) is 128 Å². The maximum Gasteiger partial charge on any atom is 0.508 e. The van der Waals surface area contributed by atoms with Crippen molar-refractivity contribution in [2.75, 3.05) is 6.61 Å². The van der Waals surface area contributed by atoms with Crippen molar-refractivity contribution in [3.63, 3.8) is 0 Å². The summed E-state index contributed by atoms with van der Waals surface area (Å²) in [7, 11) is 0. The lowest BCUT2D eigenvalue weighted by molar-refractivity contribution is -0.155. The molecule has 0 radical (unpaired) electrons. The molecule has 4 N–H and O–H groups in total. The monoisotopic (exact) mass is 383 g/mol. The fourth-order valence-electron chi connectivity index (χ4n) is 2.06. The highest BCUT2D eigenvalue weighted by Gasteiger charge is 2.24. The second kappa shape index (κ2) is 10.6. The number of carbonyl (C=O) groups excluding carboxylic acids is 2. The van der Waals surface area contributed by atoms with Crippen LogP contribution in [0.1, 0.15) is 39.7 Å². The first-order valence-electron chi connectivity index (χ1n) is 8.90. The van der Waals surface area contributed by atoms with Gasteiger partial charge in [-0.3, -0.25) is 4.79 Å². The third kappa shape index (κ3) is 8.17. The molecule has 0 aliphatic heterocycles. The Morgan fingerprint density at radius 2 is 1.67 bits per heavy atom. The molecule has 0 unspecified atom stereocenters. The molecule has 3 atom stereocenters. The van der Waals surface area contributed by atoms with E-state index in [1.807, 2.05) is 13.8 Å². The molecule has 0 aliphatic carbocycles. The third-order valence-corrected chi connectivity index (χ3v) is 3.96. The highest BCUT2D eigenvalue weighted by molar-refractivity contribution is 5.76. The molecule has 0 aromatic heterocycles. The van der Waals surface area contributed by atoms with Gasteiger partial charge in [-0.05, 0) is 50.3 Å². The van der Waals surface area contributed by atoms with Gasteiger partial charge in [-0.2, -0.15) is 0 Å². The second-order valence-corrected chi connectivity index (χ2v) is 6.88. The van der Waals surface area contributed by atoms with Crippen LogP contribution in [0.4, 0.5) is 4.79 Å². The molecule has 1 rings (SSSR count). The van der Waals surface area contributed by atoms with Gasteiger partial charge < -0.3 is 30.2 Å². The smallest absolute Gasteiger partial charge is 0.504 e. The van der Waals surface area contributed by atoms with Gasteiger partial charge in [0.25, 0.3) is 0 Å². The number of ether oxygens (including phenoxy) is 3. The maximum absolute atomic E-state index is 12.1. The van der Waals surface area contributed by atoms with Gasteiger partial charge in [0.05, 0.1) is 6.61 Å². The number of hydrogen-bond acceptors (Lipinski definition) is 8. The van der Waals surface area contributed by atoms with Crippen LogP contribution in [0.15, 0.2) is 18.2 Å². The molecule has 1 aromatic rings. The largest absolute Gasteiger partial charge is 0.508 e. The Hall–Kier alpha value is -2.48. The van der Waals surface area contributed by atoms with E-state index in [1.54, 1.807) is 19.9 Å². The normalized spacial score (nSPS) is 14.3. The molecule has 152 valence electrons. The number of carbonyl (C=O) groups is 2. The second-order valence-electron chi connectivity index (χ2n) is 6.88. The molecule has 0 amide bonds. The number of hydrogen-bond donors (Lipinski definition) is 3. The molecule has 8 nitrogen and oxygen atoms in total. The molecule has 8 heteroatoms. The van der Waals surface area contributed by atoms with Gasteiger partial charge >= 0.3 is 12.1 Å². The lowest BCUT2D eigenvalue weighted by Gasteiger charge is -2.22. The Morgan fingerprint density at radius 3 is 2.26 bits per heavy atom. The Morgan fingerprint density at radius 1 is 1.04 bits per heavy atom. The molecule has 1 aromatic carbocycles. The molecule has 0 fully saturated rings. The lowest BCUT2D eigenvalue weighted by atomic mass is 10.1. The summed E-state index contributed by atoms with van der Waals surface area (Å²) in [4.78, 5) is 23.7. The number of rotatable bonds is 9. The van der Waals surface area contributed by atoms with E-state index >= 15 is 0 Å². The maximum atomic E-state index is 12.1. The van der Waals surface area contributed by atoms with Crippen molar-refractivity contribution < 1.29 is 34.0 Å². The summed E-state index contributed by atoms with van der Waals surface area (Å²) in [5.74, 6) is -0.806. The molecule has 0 saturated carbocycles. The molecule has 0 aliphatic rings. The lowest BCUT2D eigenvalue weighted by Crippen LogP contribution is -2.39. The summed E-state index contributed by atoms with van der Waals surface area (Å²) in [6, 6.07) is 3.21. The van der Waals surface area contributed by atoms with Crippen LogP contribution in [0, 0.1) is 5.92 Å². The van der Waals surface area contributed by atoms with E-state index in [1.165, 1.54) is 12.1 Å². The first-order chi connectivity index (χ1) is 12.6. The average Bonchev–Trinajstić information content (AvgIpc) is 2.57. The third-order valence-electron chi connectivity index (χ3n) is 3.96. The van der Waals surface area contributed by atoms with Crippen molar-refractivity contribution in [2.45, 2.75) is 58.8 Å². The van der Waals surface area contributed by atoms with Crippen LogP contribution in [0.25, 0.3) is 0 Å².